The summed E-state index contributed by atoms with van der Waals surface area (Å²) in [5, 5.41) is 9.06. The van der Waals surface area contributed by atoms with Gasteiger partial charge in [-0.15, -0.1) is 0 Å². The molecule has 1 unspecified atom stereocenters. The molecule has 1 atom stereocenters. The molecule has 2 heteroatoms. The molecule has 0 aliphatic heterocycles. The highest BCUT2D eigenvalue weighted by molar-refractivity contribution is 5.74. The van der Waals surface area contributed by atoms with Crippen molar-refractivity contribution in [2.45, 2.75) is 39.5 Å². The smallest absolute Gasteiger partial charge is 0.310 e. The highest BCUT2D eigenvalue weighted by Crippen LogP contribution is 2.29. The number of hydrogen-bond acceptors (Lipinski definition) is 1. The van der Waals surface area contributed by atoms with Crippen molar-refractivity contribution in [1.29, 1.82) is 0 Å². The van der Waals surface area contributed by atoms with Crippen LogP contribution in [0.3, 0.4) is 0 Å². The van der Waals surface area contributed by atoms with Crippen molar-refractivity contribution in [2.75, 3.05) is 0 Å². The zero-order valence-electron chi connectivity index (χ0n) is 8.42. The number of carboxylic acid groups (broad SMARTS) is 1. The predicted molar refractivity (Wildman–Crippen MR) is 52.5 cm³/mol. The Bertz CT molecular complexity index is 216. The lowest BCUT2D eigenvalue weighted by atomic mass is 9.82. The molecule has 0 aromatic heterocycles. The van der Waals surface area contributed by atoms with Crippen LogP contribution in [0.4, 0.5) is 0 Å². The summed E-state index contributed by atoms with van der Waals surface area (Å²) in [6.07, 6.45) is 6.54. The Balaban J connectivity index is 2.74. The van der Waals surface area contributed by atoms with E-state index in [1.54, 1.807) is 0 Å². The summed E-state index contributed by atoms with van der Waals surface area (Å²) >= 11 is 0. The summed E-state index contributed by atoms with van der Waals surface area (Å²) in [5.74, 6) is -0.703. The number of aliphatic carboxylic acids is 1. The zero-order valence-corrected chi connectivity index (χ0v) is 8.42. The van der Waals surface area contributed by atoms with E-state index in [4.69, 9.17) is 5.11 Å². The van der Waals surface area contributed by atoms with Gasteiger partial charge in [0.15, 0.2) is 0 Å². The predicted octanol–water partition coefficient (Wildman–Crippen LogP) is 2.84. The van der Waals surface area contributed by atoms with Crippen LogP contribution in [0.25, 0.3) is 0 Å². The monoisotopic (exact) mass is 182 g/mol. The van der Waals surface area contributed by atoms with Gasteiger partial charge in [-0.2, -0.15) is 0 Å². The minimum absolute atomic E-state index is 0.210. The molecular formula is C11H18O2. The van der Waals surface area contributed by atoms with Crippen LogP contribution in [0.2, 0.25) is 0 Å². The van der Waals surface area contributed by atoms with Gasteiger partial charge >= 0.3 is 5.97 Å². The number of rotatable bonds is 3. The molecule has 0 radical (unpaired) electrons. The highest BCUT2D eigenvalue weighted by atomic mass is 16.4. The largest absolute Gasteiger partial charge is 0.481 e. The first kappa shape index (κ1) is 10.3. The van der Waals surface area contributed by atoms with Crippen molar-refractivity contribution < 1.29 is 9.90 Å². The first-order valence-corrected chi connectivity index (χ1v) is 5.04. The molecular weight excluding hydrogens is 164 g/mol. The van der Waals surface area contributed by atoms with E-state index in [9.17, 15) is 4.79 Å². The number of carbonyl (C=O) groups is 1. The van der Waals surface area contributed by atoms with Crippen LogP contribution in [-0.2, 0) is 4.79 Å². The highest BCUT2D eigenvalue weighted by Gasteiger charge is 2.25. The average molecular weight is 182 g/mol. The van der Waals surface area contributed by atoms with Gasteiger partial charge in [-0.1, -0.05) is 25.5 Å². The van der Waals surface area contributed by atoms with E-state index in [2.05, 4.69) is 6.08 Å². The molecule has 0 spiro atoms. The Labute approximate surface area is 79.6 Å². The van der Waals surface area contributed by atoms with Gasteiger partial charge in [0.05, 0.1) is 5.92 Å². The molecule has 1 aliphatic carbocycles. The van der Waals surface area contributed by atoms with Gasteiger partial charge < -0.3 is 5.11 Å². The normalized spacial score (nSPS) is 19.8. The molecule has 1 rings (SSSR count). The zero-order chi connectivity index (χ0) is 9.84. The average Bonchev–Trinajstić information content (AvgIpc) is 2.04. The van der Waals surface area contributed by atoms with E-state index in [0.29, 0.717) is 0 Å². The first-order chi connectivity index (χ1) is 6.13. The molecule has 13 heavy (non-hydrogen) atoms. The van der Waals surface area contributed by atoms with Gasteiger partial charge in [-0.25, -0.2) is 0 Å². The summed E-state index contributed by atoms with van der Waals surface area (Å²) in [6.45, 7) is 3.96. The van der Waals surface area contributed by atoms with Crippen molar-refractivity contribution in [3.8, 4) is 0 Å². The summed E-state index contributed by atoms with van der Waals surface area (Å²) in [7, 11) is 0. The molecule has 0 bridgehead atoms. The third kappa shape index (κ3) is 2.58. The van der Waals surface area contributed by atoms with Crippen molar-refractivity contribution in [1.82, 2.24) is 0 Å². The quantitative estimate of drug-likeness (QED) is 0.681. The number of hydrogen-bond donors (Lipinski definition) is 1. The van der Waals surface area contributed by atoms with E-state index in [1.807, 2.05) is 13.8 Å². The van der Waals surface area contributed by atoms with Crippen molar-refractivity contribution >= 4 is 5.97 Å². The van der Waals surface area contributed by atoms with E-state index in [1.165, 1.54) is 6.42 Å². The Morgan fingerprint density at radius 3 is 2.54 bits per heavy atom. The molecule has 1 aliphatic rings. The van der Waals surface area contributed by atoms with Gasteiger partial charge in [-0.3, -0.25) is 4.79 Å². The fourth-order valence-corrected chi connectivity index (χ4v) is 2.02. The molecule has 74 valence electrons. The molecule has 0 saturated heterocycles. The minimum atomic E-state index is -0.664. The fraction of sp³-hybridized carbons (Fsp3) is 0.727. The summed E-state index contributed by atoms with van der Waals surface area (Å²) in [5.41, 5.74) is 1.15. The lowest BCUT2D eigenvalue weighted by Crippen LogP contribution is -2.22. The Hall–Kier alpha value is -0.790. The van der Waals surface area contributed by atoms with E-state index in [-0.39, 0.29) is 11.8 Å². The van der Waals surface area contributed by atoms with Crippen molar-refractivity contribution in [3.05, 3.63) is 11.6 Å². The Morgan fingerprint density at radius 1 is 1.46 bits per heavy atom. The van der Waals surface area contributed by atoms with Gasteiger partial charge in [0.1, 0.15) is 0 Å². The third-order valence-corrected chi connectivity index (χ3v) is 2.66. The van der Waals surface area contributed by atoms with E-state index in [0.717, 1.165) is 24.8 Å². The van der Waals surface area contributed by atoms with Crippen LogP contribution in [0, 0.1) is 11.8 Å². The molecule has 0 fully saturated rings. The molecule has 1 N–H and O–H groups in total. The van der Waals surface area contributed by atoms with Gasteiger partial charge in [0.2, 0.25) is 0 Å². The maximum Gasteiger partial charge on any atom is 0.310 e. The number of carboxylic acids is 1. The second-order valence-electron chi connectivity index (χ2n) is 4.08. The molecule has 0 heterocycles. The molecule has 0 aromatic rings. The lowest BCUT2D eigenvalue weighted by molar-refractivity contribution is -0.141. The standard InChI is InChI=1S/C11H18O2/c1-8(2)10(11(12)13)9-6-4-3-5-7-9/h6,8,10H,3-5,7H2,1-2H3,(H,12,13). The lowest BCUT2D eigenvalue weighted by Gasteiger charge is -2.22. The van der Waals surface area contributed by atoms with Crippen molar-refractivity contribution in [2.24, 2.45) is 11.8 Å². The van der Waals surface area contributed by atoms with E-state index < -0.39 is 5.97 Å². The van der Waals surface area contributed by atoms with Crippen LogP contribution in [0.15, 0.2) is 11.6 Å². The van der Waals surface area contributed by atoms with E-state index >= 15 is 0 Å². The molecule has 0 saturated carbocycles. The second-order valence-corrected chi connectivity index (χ2v) is 4.08. The molecule has 2 nitrogen and oxygen atoms in total. The fourth-order valence-electron chi connectivity index (χ4n) is 2.02. The van der Waals surface area contributed by atoms with Crippen LogP contribution in [0.5, 0.6) is 0 Å². The first-order valence-electron chi connectivity index (χ1n) is 5.04. The SMILES string of the molecule is CC(C)C(C(=O)O)C1=CCCCC1. The van der Waals surface area contributed by atoms with Crippen LogP contribution < -0.4 is 0 Å². The number of allylic oxidation sites excluding steroid dienone is 1. The summed E-state index contributed by atoms with van der Waals surface area (Å²) < 4.78 is 0. The van der Waals surface area contributed by atoms with Crippen LogP contribution in [0.1, 0.15) is 39.5 Å². The second kappa shape index (κ2) is 4.45. The van der Waals surface area contributed by atoms with Gasteiger partial charge in [0.25, 0.3) is 0 Å². The Kier molecular flexibility index (Phi) is 3.52. The molecule has 0 amide bonds. The Morgan fingerprint density at radius 2 is 2.15 bits per heavy atom. The summed E-state index contributed by atoms with van der Waals surface area (Å²) in [4.78, 5) is 11.0. The molecule has 0 aromatic carbocycles. The third-order valence-electron chi connectivity index (χ3n) is 2.66. The van der Waals surface area contributed by atoms with Gasteiger partial charge in [-0.05, 0) is 31.6 Å². The van der Waals surface area contributed by atoms with Gasteiger partial charge in [0, 0.05) is 0 Å². The topological polar surface area (TPSA) is 37.3 Å². The summed E-state index contributed by atoms with van der Waals surface area (Å²) in [6, 6.07) is 0. The maximum absolute atomic E-state index is 11.0. The minimum Gasteiger partial charge on any atom is -0.481 e. The van der Waals surface area contributed by atoms with Crippen LogP contribution in [-0.4, -0.2) is 11.1 Å². The van der Waals surface area contributed by atoms with Crippen molar-refractivity contribution in [3.63, 3.8) is 0 Å². The maximum atomic E-state index is 11.0. The van der Waals surface area contributed by atoms with Crippen LogP contribution >= 0.6 is 0 Å².